The second kappa shape index (κ2) is 8.14. The normalized spacial score (nSPS) is 31.3. The smallest absolute Gasteiger partial charge is 0.0409 e. The van der Waals surface area contributed by atoms with Crippen LogP contribution in [0.3, 0.4) is 0 Å². The van der Waals surface area contributed by atoms with Gasteiger partial charge in [0.05, 0.1) is 0 Å². The summed E-state index contributed by atoms with van der Waals surface area (Å²) in [5, 5.41) is 0. The molecule has 0 aliphatic heterocycles. The molecule has 0 heterocycles. The van der Waals surface area contributed by atoms with Gasteiger partial charge in [0, 0.05) is 0 Å². The fourth-order valence-corrected chi connectivity index (χ4v) is 3.41. The molecular formula is C16H32. The van der Waals surface area contributed by atoms with Crippen LogP contribution < -0.4 is 0 Å². The molecule has 1 fully saturated rings. The maximum atomic E-state index is 2.39. The number of hydrogen-bond acceptors (Lipinski definition) is 0. The van der Waals surface area contributed by atoms with Crippen LogP contribution in [0.25, 0.3) is 0 Å². The highest BCUT2D eigenvalue weighted by Crippen LogP contribution is 2.36. The molecule has 1 saturated carbocycles. The first-order chi connectivity index (χ1) is 7.80. The van der Waals surface area contributed by atoms with Gasteiger partial charge in [0.25, 0.3) is 0 Å². The van der Waals surface area contributed by atoms with E-state index in [1.54, 1.807) is 0 Å². The van der Waals surface area contributed by atoms with Gasteiger partial charge in [0.15, 0.2) is 0 Å². The second-order valence-corrected chi connectivity index (χ2v) is 5.96. The van der Waals surface area contributed by atoms with Crippen molar-refractivity contribution < 1.29 is 0 Å². The Kier molecular flexibility index (Phi) is 7.16. The molecule has 0 nitrogen and oxygen atoms in total. The zero-order chi connectivity index (χ0) is 11.8. The SMILES string of the molecule is CCCCCC1CC(CC)CCC(CC)C1. The molecule has 0 amide bonds. The van der Waals surface area contributed by atoms with Crippen molar-refractivity contribution in [2.45, 2.75) is 85.0 Å². The molecule has 1 aliphatic rings. The van der Waals surface area contributed by atoms with Crippen molar-refractivity contribution in [1.82, 2.24) is 0 Å². The van der Waals surface area contributed by atoms with Crippen LogP contribution in [0, 0.1) is 17.8 Å². The summed E-state index contributed by atoms with van der Waals surface area (Å²) in [5.74, 6) is 3.15. The fourth-order valence-electron chi connectivity index (χ4n) is 3.41. The molecule has 0 saturated heterocycles. The van der Waals surface area contributed by atoms with Gasteiger partial charge >= 0.3 is 0 Å². The average Bonchev–Trinajstić information content (AvgIpc) is 2.51. The molecule has 0 spiro atoms. The summed E-state index contributed by atoms with van der Waals surface area (Å²) < 4.78 is 0. The molecule has 0 bridgehead atoms. The highest BCUT2D eigenvalue weighted by atomic mass is 14.3. The van der Waals surface area contributed by atoms with Gasteiger partial charge in [-0.3, -0.25) is 0 Å². The van der Waals surface area contributed by atoms with Crippen molar-refractivity contribution in [1.29, 1.82) is 0 Å². The van der Waals surface area contributed by atoms with Gasteiger partial charge in [-0.1, -0.05) is 72.1 Å². The Morgan fingerprint density at radius 1 is 0.750 bits per heavy atom. The topological polar surface area (TPSA) is 0 Å². The summed E-state index contributed by atoms with van der Waals surface area (Å²) in [6, 6.07) is 0. The van der Waals surface area contributed by atoms with Crippen molar-refractivity contribution in [2.24, 2.45) is 17.8 Å². The lowest BCUT2D eigenvalue weighted by Crippen LogP contribution is -2.07. The zero-order valence-corrected chi connectivity index (χ0v) is 11.8. The number of rotatable bonds is 6. The first-order valence-corrected chi connectivity index (χ1v) is 7.80. The molecule has 1 aliphatic carbocycles. The Balaban J connectivity index is 2.38. The number of unbranched alkanes of at least 4 members (excludes halogenated alkanes) is 2. The van der Waals surface area contributed by atoms with E-state index in [-0.39, 0.29) is 0 Å². The second-order valence-electron chi connectivity index (χ2n) is 5.96. The minimum atomic E-state index is 1.04. The maximum Gasteiger partial charge on any atom is -0.0409 e. The van der Waals surface area contributed by atoms with Crippen molar-refractivity contribution >= 4 is 0 Å². The van der Waals surface area contributed by atoms with Crippen LogP contribution in [-0.4, -0.2) is 0 Å². The van der Waals surface area contributed by atoms with Crippen LogP contribution in [-0.2, 0) is 0 Å². The summed E-state index contributed by atoms with van der Waals surface area (Å²) in [6.07, 6.45) is 14.8. The van der Waals surface area contributed by atoms with Gasteiger partial charge in [-0.05, 0) is 30.6 Å². The highest BCUT2D eigenvalue weighted by Gasteiger charge is 2.23. The van der Waals surface area contributed by atoms with Crippen molar-refractivity contribution in [3.63, 3.8) is 0 Å². The van der Waals surface area contributed by atoms with E-state index in [1.165, 1.54) is 64.2 Å². The van der Waals surface area contributed by atoms with Gasteiger partial charge < -0.3 is 0 Å². The van der Waals surface area contributed by atoms with Gasteiger partial charge in [0.2, 0.25) is 0 Å². The third kappa shape index (κ3) is 4.89. The van der Waals surface area contributed by atoms with Crippen molar-refractivity contribution in [2.75, 3.05) is 0 Å². The van der Waals surface area contributed by atoms with Crippen LogP contribution in [0.4, 0.5) is 0 Å². The Hall–Kier alpha value is 0. The van der Waals surface area contributed by atoms with Crippen molar-refractivity contribution in [3.8, 4) is 0 Å². The molecular weight excluding hydrogens is 192 g/mol. The van der Waals surface area contributed by atoms with Gasteiger partial charge in [-0.25, -0.2) is 0 Å². The van der Waals surface area contributed by atoms with Crippen LogP contribution in [0.15, 0.2) is 0 Å². The molecule has 0 aromatic heterocycles. The minimum absolute atomic E-state index is 1.04. The van der Waals surface area contributed by atoms with E-state index in [0.717, 1.165) is 17.8 Å². The molecule has 96 valence electrons. The van der Waals surface area contributed by atoms with Crippen LogP contribution in [0.5, 0.6) is 0 Å². The average molecular weight is 224 g/mol. The van der Waals surface area contributed by atoms with Crippen molar-refractivity contribution in [3.05, 3.63) is 0 Å². The standard InChI is InChI=1S/C16H32/c1-4-7-8-9-16-12-14(5-2)10-11-15(6-3)13-16/h14-16H,4-13H2,1-3H3. The summed E-state index contributed by atoms with van der Waals surface area (Å²) in [6.45, 7) is 7.09. The summed E-state index contributed by atoms with van der Waals surface area (Å²) in [7, 11) is 0. The third-order valence-electron chi connectivity index (χ3n) is 4.69. The van der Waals surface area contributed by atoms with Gasteiger partial charge in [0.1, 0.15) is 0 Å². The fraction of sp³-hybridized carbons (Fsp3) is 1.00. The Labute approximate surface area is 103 Å². The lowest BCUT2D eigenvalue weighted by molar-refractivity contribution is 0.320. The lowest BCUT2D eigenvalue weighted by atomic mass is 9.86. The maximum absolute atomic E-state index is 2.39. The molecule has 2 unspecified atom stereocenters. The van der Waals surface area contributed by atoms with E-state index in [1.807, 2.05) is 0 Å². The summed E-state index contributed by atoms with van der Waals surface area (Å²) >= 11 is 0. The summed E-state index contributed by atoms with van der Waals surface area (Å²) in [5.41, 5.74) is 0. The Morgan fingerprint density at radius 2 is 1.31 bits per heavy atom. The van der Waals surface area contributed by atoms with Gasteiger partial charge in [-0.15, -0.1) is 0 Å². The predicted molar refractivity (Wildman–Crippen MR) is 73.7 cm³/mol. The van der Waals surface area contributed by atoms with Crippen LogP contribution in [0.2, 0.25) is 0 Å². The van der Waals surface area contributed by atoms with E-state index in [0.29, 0.717) is 0 Å². The molecule has 0 radical (unpaired) electrons. The Bertz CT molecular complexity index is 147. The predicted octanol–water partition coefficient (Wildman–Crippen LogP) is 5.81. The van der Waals surface area contributed by atoms with E-state index < -0.39 is 0 Å². The van der Waals surface area contributed by atoms with Crippen LogP contribution >= 0.6 is 0 Å². The van der Waals surface area contributed by atoms with E-state index in [2.05, 4.69) is 20.8 Å². The largest absolute Gasteiger partial charge is 0.0654 e. The molecule has 1 rings (SSSR count). The number of hydrogen-bond donors (Lipinski definition) is 0. The van der Waals surface area contributed by atoms with E-state index >= 15 is 0 Å². The van der Waals surface area contributed by atoms with E-state index in [4.69, 9.17) is 0 Å². The molecule has 0 aromatic carbocycles. The van der Waals surface area contributed by atoms with Crippen LogP contribution in [0.1, 0.15) is 85.0 Å². The molecule has 0 heteroatoms. The quantitative estimate of drug-likeness (QED) is 0.394. The molecule has 16 heavy (non-hydrogen) atoms. The Morgan fingerprint density at radius 3 is 1.75 bits per heavy atom. The van der Waals surface area contributed by atoms with E-state index in [9.17, 15) is 0 Å². The summed E-state index contributed by atoms with van der Waals surface area (Å²) in [4.78, 5) is 0. The zero-order valence-electron chi connectivity index (χ0n) is 11.8. The minimum Gasteiger partial charge on any atom is -0.0654 e. The molecule has 0 N–H and O–H groups in total. The third-order valence-corrected chi connectivity index (χ3v) is 4.69. The highest BCUT2D eigenvalue weighted by molar-refractivity contribution is 4.75. The molecule has 2 atom stereocenters. The monoisotopic (exact) mass is 224 g/mol. The molecule has 0 aromatic rings. The van der Waals surface area contributed by atoms with Gasteiger partial charge in [-0.2, -0.15) is 0 Å². The first-order valence-electron chi connectivity index (χ1n) is 7.80. The lowest BCUT2D eigenvalue weighted by Gasteiger charge is -2.20. The first kappa shape index (κ1) is 14.1.